The molecule has 4 heteroatoms. The second-order valence-corrected chi connectivity index (χ2v) is 4.50. The van der Waals surface area contributed by atoms with Gasteiger partial charge in [-0.05, 0) is 36.8 Å². The Morgan fingerprint density at radius 1 is 1.00 bits per heavy atom. The van der Waals surface area contributed by atoms with Gasteiger partial charge in [-0.2, -0.15) is 0 Å². The molecule has 0 atom stereocenters. The first-order valence-electron chi connectivity index (χ1n) is 6.20. The Labute approximate surface area is 116 Å². The van der Waals surface area contributed by atoms with Crippen molar-refractivity contribution >= 4 is 11.7 Å². The molecule has 0 saturated heterocycles. The first-order valence-corrected chi connectivity index (χ1v) is 6.20. The van der Waals surface area contributed by atoms with E-state index in [1.165, 1.54) is 12.1 Å². The van der Waals surface area contributed by atoms with Crippen molar-refractivity contribution in [2.45, 2.75) is 13.5 Å². The highest BCUT2D eigenvalue weighted by Gasteiger charge is 2.15. The molecule has 0 aliphatic heterocycles. The van der Waals surface area contributed by atoms with Gasteiger partial charge in [0.25, 0.3) is 5.91 Å². The van der Waals surface area contributed by atoms with E-state index in [0.717, 1.165) is 23.3 Å². The number of Topliss-reactive ketones (excluding diaryl/α,β-unsaturated/α-hetero) is 1. The molecule has 2 aromatic rings. The SMILES string of the molecule is Cc1ccc(CNC(=O)C(=O)c2ccc(F)cc2)cc1. The number of hydrogen-bond acceptors (Lipinski definition) is 2. The summed E-state index contributed by atoms with van der Waals surface area (Å²) >= 11 is 0. The summed E-state index contributed by atoms with van der Waals surface area (Å²) < 4.78 is 12.7. The molecule has 2 rings (SSSR count). The predicted octanol–water partition coefficient (Wildman–Crippen LogP) is 2.63. The van der Waals surface area contributed by atoms with Crippen molar-refractivity contribution in [3.63, 3.8) is 0 Å². The zero-order valence-corrected chi connectivity index (χ0v) is 11.0. The number of amides is 1. The van der Waals surface area contributed by atoms with E-state index in [2.05, 4.69) is 5.32 Å². The molecule has 0 saturated carbocycles. The van der Waals surface area contributed by atoms with Crippen LogP contribution in [0.2, 0.25) is 0 Å². The van der Waals surface area contributed by atoms with Crippen LogP contribution in [0.5, 0.6) is 0 Å². The summed E-state index contributed by atoms with van der Waals surface area (Å²) in [4.78, 5) is 23.5. The van der Waals surface area contributed by atoms with Gasteiger partial charge in [0.15, 0.2) is 0 Å². The first kappa shape index (κ1) is 13.9. The van der Waals surface area contributed by atoms with Gasteiger partial charge in [-0.15, -0.1) is 0 Å². The molecule has 3 nitrogen and oxygen atoms in total. The van der Waals surface area contributed by atoms with Gasteiger partial charge in [0.2, 0.25) is 5.78 Å². The fourth-order valence-corrected chi connectivity index (χ4v) is 1.70. The fraction of sp³-hybridized carbons (Fsp3) is 0.125. The van der Waals surface area contributed by atoms with Crippen molar-refractivity contribution in [1.82, 2.24) is 5.32 Å². The normalized spacial score (nSPS) is 10.1. The third-order valence-electron chi connectivity index (χ3n) is 2.89. The van der Waals surface area contributed by atoms with Crippen LogP contribution in [0.15, 0.2) is 48.5 Å². The van der Waals surface area contributed by atoms with E-state index in [-0.39, 0.29) is 12.1 Å². The van der Waals surface area contributed by atoms with Crippen molar-refractivity contribution in [2.24, 2.45) is 0 Å². The first-order chi connectivity index (χ1) is 9.56. The Hall–Kier alpha value is -2.49. The lowest BCUT2D eigenvalue weighted by atomic mass is 10.1. The number of aryl methyl sites for hydroxylation is 1. The monoisotopic (exact) mass is 271 g/mol. The molecule has 0 radical (unpaired) electrons. The van der Waals surface area contributed by atoms with Gasteiger partial charge in [0.1, 0.15) is 5.82 Å². The van der Waals surface area contributed by atoms with E-state index < -0.39 is 17.5 Å². The highest BCUT2D eigenvalue weighted by Crippen LogP contribution is 2.05. The molecule has 0 spiro atoms. The smallest absolute Gasteiger partial charge is 0.292 e. The van der Waals surface area contributed by atoms with Crippen LogP contribution in [-0.4, -0.2) is 11.7 Å². The minimum absolute atomic E-state index is 0.174. The van der Waals surface area contributed by atoms with Gasteiger partial charge >= 0.3 is 0 Å². The van der Waals surface area contributed by atoms with Crippen molar-refractivity contribution in [3.8, 4) is 0 Å². The molecule has 0 aliphatic carbocycles. The number of carbonyl (C=O) groups is 2. The predicted molar refractivity (Wildman–Crippen MR) is 73.8 cm³/mol. The maximum atomic E-state index is 12.7. The van der Waals surface area contributed by atoms with Crippen LogP contribution in [-0.2, 0) is 11.3 Å². The number of carbonyl (C=O) groups excluding carboxylic acids is 2. The highest BCUT2D eigenvalue weighted by molar-refractivity contribution is 6.42. The van der Waals surface area contributed by atoms with Crippen molar-refractivity contribution in [3.05, 3.63) is 71.0 Å². The summed E-state index contributed by atoms with van der Waals surface area (Å²) in [6.07, 6.45) is 0. The maximum absolute atomic E-state index is 12.7. The van der Waals surface area contributed by atoms with Crippen molar-refractivity contribution in [2.75, 3.05) is 0 Å². The zero-order valence-electron chi connectivity index (χ0n) is 11.0. The van der Waals surface area contributed by atoms with Crippen LogP contribution < -0.4 is 5.32 Å². The molecule has 2 aromatic carbocycles. The summed E-state index contributed by atoms with van der Waals surface area (Å²) in [5, 5.41) is 2.55. The van der Waals surface area contributed by atoms with Crippen LogP contribution in [0.3, 0.4) is 0 Å². The molecule has 0 unspecified atom stereocenters. The maximum Gasteiger partial charge on any atom is 0.292 e. The van der Waals surface area contributed by atoms with Crippen LogP contribution in [0.1, 0.15) is 21.5 Å². The summed E-state index contributed by atoms with van der Waals surface area (Å²) in [7, 11) is 0. The Bertz CT molecular complexity index is 618. The van der Waals surface area contributed by atoms with Gasteiger partial charge in [0, 0.05) is 12.1 Å². The topological polar surface area (TPSA) is 46.2 Å². The third-order valence-corrected chi connectivity index (χ3v) is 2.89. The number of halogens is 1. The van der Waals surface area contributed by atoms with Crippen LogP contribution >= 0.6 is 0 Å². The average Bonchev–Trinajstić information content (AvgIpc) is 2.46. The third kappa shape index (κ3) is 3.51. The second kappa shape index (κ2) is 6.10. The molecule has 102 valence electrons. The molecule has 0 aliphatic rings. The molecule has 0 heterocycles. The van der Waals surface area contributed by atoms with Gasteiger partial charge < -0.3 is 5.32 Å². The van der Waals surface area contributed by atoms with Gasteiger partial charge in [-0.1, -0.05) is 29.8 Å². The number of nitrogens with one attached hydrogen (secondary N) is 1. The number of benzene rings is 2. The molecule has 0 fully saturated rings. The number of rotatable bonds is 4. The Balaban J connectivity index is 1.96. The molecular weight excluding hydrogens is 257 g/mol. The quantitative estimate of drug-likeness (QED) is 0.686. The number of hydrogen-bond donors (Lipinski definition) is 1. The average molecular weight is 271 g/mol. The van der Waals surface area contributed by atoms with Crippen LogP contribution in [0.4, 0.5) is 4.39 Å². The van der Waals surface area contributed by atoms with Gasteiger partial charge in [0.05, 0.1) is 0 Å². The Kier molecular flexibility index (Phi) is 4.25. The summed E-state index contributed by atoms with van der Waals surface area (Å²) in [6.45, 7) is 2.26. The minimum atomic E-state index is -0.697. The lowest BCUT2D eigenvalue weighted by Gasteiger charge is -2.05. The lowest BCUT2D eigenvalue weighted by Crippen LogP contribution is -2.30. The Morgan fingerprint density at radius 2 is 1.60 bits per heavy atom. The minimum Gasteiger partial charge on any atom is -0.345 e. The van der Waals surface area contributed by atoms with E-state index in [1.807, 2.05) is 31.2 Å². The van der Waals surface area contributed by atoms with E-state index in [1.54, 1.807) is 0 Å². The van der Waals surface area contributed by atoms with E-state index in [9.17, 15) is 14.0 Å². The molecule has 0 aromatic heterocycles. The fourth-order valence-electron chi connectivity index (χ4n) is 1.70. The second-order valence-electron chi connectivity index (χ2n) is 4.50. The standard InChI is InChI=1S/C16H14FNO2/c1-11-2-4-12(5-3-11)10-18-16(20)15(19)13-6-8-14(17)9-7-13/h2-9H,10H2,1H3,(H,18,20). The largest absolute Gasteiger partial charge is 0.345 e. The van der Waals surface area contributed by atoms with E-state index in [4.69, 9.17) is 0 Å². The van der Waals surface area contributed by atoms with Crippen LogP contribution in [0.25, 0.3) is 0 Å². The Morgan fingerprint density at radius 3 is 2.20 bits per heavy atom. The summed E-state index contributed by atoms with van der Waals surface area (Å²) in [5.41, 5.74) is 2.21. The molecule has 1 N–H and O–H groups in total. The van der Waals surface area contributed by atoms with Gasteiger partial charge in [-0.25, -0.2) is 4.39 Å². The molecule has 0 bridgehead atoms. The van der Waals surface area contributed by atoms with Gasteiger partial charge in [-0.3, -0.25) is 9.59 Å². The molecule has 1 amide bonds. The van der Waals surface area contributed by atoms with Crippen LogP contribution in [0, 0.1) is 12.7 Å². The summed E-state index contributed by atoms with van der Waals surface area (Å²) in [6, 6.07) is 12.5. The zero-order chi connectivity index (χ0) is 14.5. The summed E-state index contributed by atoms with van der Waals surface area (Å²) in [5.74, 6) is -1.81. The number of ketones is 1. The molecular formula is C16H14FNO2. The lowest BCUT2D eigenvalue weighted by molar-refractivity contribution is -0.117. The highest BCUT2D eigenvalue weighted by atomic mass is 19.1. The molecule has 20 heavy (non-hydrogen) atoms. The van der Waals surface area contributed by atoms with Crippen molar-refractivity contribution < 1.29 is 14.0 Å². The van der Waals surface area contributed by atoms with E-state index >= 15 is 0 Å². The van der Waals surface area contributed by atoms with Crippen molar-refractivity contribution in [1.29, 1.82) is 0 Å². The van der Waals surface area contributed by atoms with E-state index in [0.29, 0.717) is 0 Å².